The number of fused-ring (bicyclic) bond motifs is 3. The van der Waals surface area contributed by atoms with E-state index in [-0.39, 0.29) is 18.5 Å². The van der Waals surface area contributed by atoms with Crippen molar-refractivity contribution < 1.29 is 14.3 Å². The highest BCUT2D eigenvalue weighted by atomic mass is 16.7. The highest BCUT2D eigenvalue weighted by Gasteiger charge is 2.25. The average Bonchev–Trinajstić information content (AvgIpc) is 3.44. The van der Waals surface area contributed by atoms with Crippen LogP contribution >= 0.6 is 0 Å². The molecule has 0 unspecified atom stereocenters. The van der Waals surface area contributed by atoms with Crippen LogP contribution in [-0.2, 0) is 6.42 Å². The molecule has 5 aromatic rings. The molecule has 1 amide bonds. The maximum atomic E-state index is 13.3. The zero-order valence-electron chi connectivity index (χ0n) is 18.2. The van der Waals surface area contributed by atoms with Crippen LogP contribution in [0.25, 0.3) is 27.9 Å². The van der Waals surface area contributed by atoms with Crippen LogP contribution in [-0.4, -0.2) is 33.8 Å². The first kappa shape index (κ1) is 20.0. The molecule has 0 saturated carbocycles. The number of ether oxygens (including phenoxy) is 2. The number of benzene rings is 3. The summed E-state index contributed by atoms with van der Waals surface area (Å²) in [5.41, 5.74) is 11.1. The Balaban J connectivity index is 1.45. The first-order chi connectivity index (χ1) is 16.7. The molecule has 0 bridgehead atoms. The highest BCUT2D eigenvalue weighted by molar-refractivity contribution is 6.11. The lowest BCUT2D eigenvalue weighted by molar-refractivity contribution is 0.0956. The summed E-state index contributed by atoms with van der Waals surface area (Å²) in [6.45, 7) is 0.639. The fraction of sp³-hybridized carbons (Fsp3) is 0.115. The Bertz CT molecular complexity index is 1550. The van der Waals surface area contributed by atoms with E-state index in [2.05, 4.69) is 5.32 Å². The van der Waals surface area contributed by atoms with Crippen molar-refractivity contribution in [3.05, 3.63) is 83.9 Å². The minimum absolute atomic E-state index is 0.167. The Kier molecular flexibility index (Phi) is 4.76. The summed E-state index contributed by atoms with van der Waals surface area (Å²) < 4.78 is 12.7. The van der Waals surface area contributed by atoms with E-state index in [1.165, 1.54) is 0 Å². The highest BCUT2D eigenvalue weighted by Crippen LogP contribution is 2.37. The lowest BCUT2D eigenvalue weighted by atomic mass is 10.1. The molecule has 0 spiro atoms. The molecule has 8 heteroatoms. The average molecular weight is 451 g/mol. The molecule has 0 fully saturated rings. The third kappa shape index (κ3) is 3.36. The number of hydrogen-bond donors (Lipinski definition) is 2. The Morgan fingerprint density at radius 1 is 0.941 bits per heavy atom. The number of amides is 1. The zero-order valence-corrected chi connectivity index (χ0v) is 18.2. The van der Waals surface area contributed by atoms with Gasteiger partial charge in [0.05, 0.1) is 16.7 Å². The predicted molar refractivity (Wildman–Crippen MR) is 129 cm³/mol. The molecule has 0 atom stereocenters. The van der Waals surface area contributed by atoms with Gasteiger partial charge in [0.15, 0.2) is 17.1 Å². The van der Waals surface area contributed by atoms with Crippen LogP contribution < -0.4 is 20.5 Å². The minimum atomic E-state index is -0.289. The number of hydrogen-bond acceptors (Lipinski definition) is 6. The van der Waals surface area contributed by atoms with E-state index in [1.54, 1.807) is 4.57 Å². The van der Waals surface area contributed by atoms with Crippen LogP contribution in [0.2, 0.25) is 0 Å². The molecule has 8 nitrogen and oxygen atoms in total. The Morgan fingerprint density at radius 2 is 1.68 bits per heavy atom. The molecule has 34 heavy (non-hydrogen) atoms. The van der Waals surface area contributed by atoms with E-state index in [0.717, 1.165) is 5.56 Å². The van der Waals surface area contributed by atoms with Crippen LogP contribution in [0.3, 0.4) is 0 Å². The second-order valence-electron chi connectivity index (χ2n) is 8.01. The van der Waals surface area contributed by atoms with Crippen molar-refractivity contribution in [2.45, 2.75) is 6.42 Å². The van der Waals surface area contributed by atoms with Gasteiger partial charge in [-0.1, -0.05) is 42.5 Å². The Hall–Kier alpha value is -4.59. The normalized spacial score (nSPS) is 12.4. The third-order valence-corrected chi connectivity index (χ3v) is 5.88. The fourth-order valence-corrected chi connectivity index (χ4v) is 4.22. The Labute approximate surface area is 194 Å². The van der Waals surface area contributed by atoms with Crippen LogP contribution in [0.5, 0.6) is 11.5 Å². The molecule has 0 saturated heterocycles. The minimum Gasteiger partial charge on any atom is -0.454 e. The number of nitrogens with two attached hydrogens (primary N) is 1. The summed E-state index contributed by atoms with van der Waals surface area (Å²) in [7, 11) is 0. The van der Waals surface area contributed by atoms with Crippen molar-refractivity contribution in [1.82, 2.24) is 19.9 Å². The van der Waals surface area contributed by atoms with E-state index in [4.69, 9.17) is 25.2 Å². The molecule has 2 aromatic heterocycles. The van der Waals surface area contributed by atoms with Gasteiger partial charge in [-0.15, -0.1) is 0 Å². The lowest BCUT2D eigenvalue weighted by Crippen LogP contribution is -2.26. The van der Waals surface area contributed by atoms with Crippen LogP contribution in [0, 0.1) is 0 Å². The van der Waals surface area contributed by atoms with Gasteiger partial charge in [-0.3, -0.25) is 9.36 Å². The van der Waals surface area contributed by atoms with Gasteiger partial charge in [-0.25, -0.2) is 9.97 Å². The lowest BCUT2D eigenvalue weighted by Gasteiger charge is -2.09. The first-order valence-electron chi connectivity index (χ1n) is 11.0. The second kappa shape index (κ2) is 8.08. The summed E-state index contributed by atoms with van der Waals surface area (Å²) in [6, 6.07) is 23.0. The zero-order chi connectivity index (χ0) is 23.1. The van der Waals surface area contributed by atoms with Crippen LogP contribution in [0.1, 0.15) is 15.9 Å². The number of nitrogens with one attached hydrogen (secondary N) is 1. The van der Waals surface area contributed by atoms with Gasteiger partial charge in [0, 0.05) is 12.6 Å². The summed E-state index contributed by atoms with van der Waals surface area (Å²) in [5, 5.41) is 2.99. The SMILES string of the molecule is Nc1c(C(=O)NCCc2ccccc2)c2nc3ccccc3nc2n1-c1ccc2c(c1)OCO2. The summed E-state index contributed by atoms with van der Waals surface area (Å²) in [4.78, 5) is 22.9. The monoisotopic (exact) mass is 451 g/mol. The van der Waals surface area contributed by atoms with Crippen molar-refractivity contribution in [3.63, 3.8) is 0 Å². The quantitative estimate of drug-likeness (QED) is 0.421. The van der Waals surface area contributed by atoms with Crippen LogP contribution in [0.4, 0.5) is 5.82 Å². The van der Waals surface area contributed by atoms with Gasteiger partial charge in [0.1, 0.15) is 16.9 Å². The fourth-order valence-electron chi connectivity index (χ4n) is 4.22. The molecule has 3 heterocycles. The molecule has 168 valence electrons. The van der Waals surface area contributed by atoms with Crippen molar-refractivity contribution in [2.24, 2.45) is 0 Å². The van der Waals surface area contributed by atoms with E-state index in [1.807, 2.05) is 72.8 Å². The van der Waals surface area contributed by atoms with E-state index >= 15 is 0 Å². The van der Waals surface area contributed by atoms with Crippen molar-refractivity contribution >= 4 is 33.9 Å². The van der Waals surface area contributed by atoms with Gasteiger partial charge in [0.25, 0.3) is 5.91 Å². The molecule has 3 N–H and O–H groups in total. The number of rotatable bonds is 5. The number of para-hydroxylation sites is 2. The number of nitrogens with zero attached hydrogens (tertiary/aromatic N) is 3. The van der Waals surface area contributed by atoms with Gasteiger partial charge in [0.2, 0.25) is 6.79 Å². The number of aromatic nitrogens is 3. The number of carbonyl (C=O) groups is 1. The van der Waals surface area contributed by atoms with Gasteiger partial charge in [-0.05, 0) is 36.2 Å². The summed E-state index contributed by atoms with van der Waals surface area (Å²) in [6.07, 6.45) is 0.710. The standard InChI is InChI=1S/C26H21N5O3/c27-24-22(26(32)28-13-12-16-6-2-1-3-7-16)23-25(30-19-9-5-4-8-18(19)29-23)31(24)17-10-11-20-21(14-17)34-15-33-20/h1-11,14H,12-13,15,27H2,(H,28,32). The number of carbonyl (C=O) groups excluding carboxylic acids is 1. The van der Waals surface area contributed by atoms with Crippen molar-refractivity contribution in [3.8, 4) is 17.2 Å². The van der Waals surface area contributed by atoms with E-state index in [9.17, 15) is 4.79 Å². The second-order valence-corrected chi connectivity index (χ2v) is 8.01. The summed E-state index contributed by atoms with van der Waals surface area (Å²) in [5.74, 6) is 1.25. The van der Waals surface area contributed by atoms with Gasteiger partial charge >= 0.3 is 0 Å². The number of nitrogen functional groups attached to an aromatic ring is 1. The largest absolute Gasteiger partial charge is 0.454 e. The predicted octanol–water partition coefficient (Wildman–Crippen LogP) is 3.86. The molecular weight excluding hydrogens is 430 g/mol. The molecule has 1 aliphatic heterocycles. The maximum Gasteiger partial charge on any atom is 0.257 e. The van der Waals surface area contributed by atoms with Crippen molar-refractivity contribution in [2.75, 3.05) is 19.1 Å². The third-order valence-electron chi connectivity index (χ3n) is 5.88. The van der Waals surface area contributed by atoms with E-state index in [0.29, 0.717) is 57.9 Å². The van der Waals surface area contributed by atoms with Crippen LogP contribution in [0.15, 0.2) is 72.8 Å². The smallest absolute Gasteiger partial charge is 0.257 e. The topological polar surface area (TPSA) is 104 Å². The molecular formula is C26H21N5O3. The van der Waals surface area contributed by atoms with Gasteiger partial charge in [-0.2, -0.15) is 0 Å². The molecule has 0 aliphatic carbocycles. The molecule has 0 radical (unpaired) electrons. The molecule has 6 rings (SSSR count). The summed E-state index contributed by atoms with van der Waals surface area (Å²) >= 11 is 0. The first-order valence-corrected chi connectivity index (χ1v) is 11.0. The van der Waals surface area contributed by atoms with Gasteiger partial charge < -0.3 is 20.5 Å². The van der Waals surface area contributed by atoms with Crippen molar-refractivity contribution in [1.29, 1.82) is 0 Å². The Morgan fingerprint density at radius 3 is 2.50 bits per heavy atom. The molecule has 3 aromatic carbocycles. The maximum absolute atomic E-state index is 13.3. The molecule has 1 aliphatic rings. The van der Waals surface area contributed by atoms with E-state index < -0.39 is 0 Å². The number of anilines is 1.